The van der Waals surface area contributed by atoms with Gasteiger partial charge in [0.15, 0.2) is 6.61 Å². The summed E-state index contributed by atoms with van der Waals surface area (Å²) in [5, 5.41) is 20.5. The predicted octanol–water partition coefficient (Wildman–Crippen LogP) is 3.16. The Morgan fingerprint density at radius 1 is 1.00 bits per heavy atom. The molecule has 0 saturated carbocycles. The van der Waals surface area contributed by atoms with Crippen molar-refractivity contribution in [3.63, 3.8) is 0 Å². The maximum absolute atomic E-state index is 12.9. The number of carbonyl (C=O) groups is 1. The number of ether oxygens (including phenoxy) is 2. The average molecular weight is 414 g/mol. The number of hydrogen-bond donors (Lipinski definition) is 2. The highest BCUT2D eigenvalue weighted by Crippen LogP contribution is 2.33. The van der Waals surface area contributed by atoms with Gasteiger partial charge in [0.25, 0.3) is 0 Å². The Balaban J connectivity index is 1.77. The number of carboxylic acids is 1. The summed E-state index contributed by atoms with van der Waals surface area (Å²) in [5.41, 5.74) is 0.790. The number of benzene rings is 3. The van der Waals surface area contributed by atoms with Crippen LogP contribution in [-0.2, 0) is 15.6 Å². The molecule has 2 atom stereocenters. The van der Waals surface area contributed by atoms with Crippen molar-refractivity contribution in [3.05, 3.63) is 66.2 Å². The van der Waals surface area contributed by atoms with Gasteiger partial charge in [-0.15, -0.1) is 0 Å². The van der Waals surface area contributed by atoms with Gasteiger partial charge in [-0.25, -0.2) is 4.79 Å². The molecular weight excluding hydrogens is 392 g/mol. The first kappa shape index (κ1) is 20.8. The van der Waals surface area contributed by atoms with Crippen LogP contribution in [0.4, 0.5) is 0 Å². The number of hydrogen-bond acceptors (Lipinski definition) is 5. The number of aliphatic hydroxyl groups excluding tert-OH is 1. The number of carboxylic acid groups (broad SMARTS) is 1. The first-order chi connectivity index (χ1) is 14.0. The first-order valence-corrected chi connectivity index (χ1v) is 10.4. The highest BCUT2D eigenvalue weighted by Gasteiger charge is 2.17. The van der Waals surface area contributed by atoms with Crippen LogP contribution in [0.3, 0.4) is 0 Å². The van der Waals surface area contributed by atoms with Crippen molar-refractivity contribution in [2.75, 3.05) is 19.0 Å². The molecule has 0 aliphatic rings. The van der Waals surface area contributed by atoms with Crippen molar-refractivity contribution in [1.29, 1.82) is 0 Å². The molecule has 3 aromatic carbocycles. The van der Waals surface area contributed by atoms with Crippen molar-refractivity contribution in [2.24, 2.45) is 0 Å². The normalized spacial score (nSPS) is 13.0. The van der Waals surface area contributed by atoms with Crippen LogP contribution in [0.2, 0.25) is 0 Å². The summed E-state index contributed by atoms with van der Waals surface area (Å²) in [6, 6.07) is 18.0. The summed E-state index contributed by atoms with van der Waals surface area (Å²) >= 11 is 0. The molecular formula is C22H22O6S. The van der Waals surface area contributed by atoms with E-state index in [1.807, 2.05) is 31.2 Å². The van der Waals surface area contributed by atoms with Crippen LogP contribution in [0.5, 0.6) is 11.5 Å². The maximum atomic E-state index is 12.9. The van der Waals surface area contributed by atoms with Crippen LogP contribution in [0.15, 0.2) is 65.6 Å². The minimum absolute atomic E-state index is 0.0190. The molecule has 152 valence electrons. The summed E-state index contributed by atoms with van der Waals surface area (Å²) in [4.78, 5) is 11.4. The molecule has 0 amide bonds. The molecule has 2 unspecified atom stereocenters. The van der Waals surface area contributed by atoms with E-state index in [2.05, 4.69) is 0 Å². The van der Waals surface area contributed by atoms with Gasteiger partial charge in [0.1, 0.15) is 18.1 Å². The summed E-state index contributed by atoms with van der Waals surface area (Å²) in [7, 11) is -1.48. The number of fused-ring (bicyclic) bond motifs is 1. The van der Waals surface area contributed by atoms with Gasteiger partial charge in [-0.3, -0.25) is 4.21 Å². The molecule has 0 fully saturated rings. The zero-order valence-corrected chi connectivity index (χ0v) is 16.7. The number of aliphatic carboxylic acids is 1. The summed E-state index contributed by atoms with van der Waals surface area (Å²) in [6.45, 7) is 1.40. The Bertz CT molecular complexity index is 1020. The smallest absolute Gasteiger partial charge is 0.341 e. The topological polar surface area (TPSA) is 93.1 Å². The third-order valence-corrected chi connectivity index (χ3v) is 5.82. The SMILES string of the molecule is Cc1ccc2c(S(=O)CC(O)COc3ccccc3)cccc2c1OCC(=O)O. The van der Waals surface area contributed by atoms with Crippen LogP contribution in [0.25, 0.3) is 10.8 Å². The second-order valence-electron chi connectivity index (χ2n) is 6.54. The minimum atomic E-state index is -1.48. The molecule has 6 nitrogen and oxygen atoms in total. The van der Waals surface area contributed by atoms with E-state index in [0.29, 0.717) is 27.2 Å². The van der Waals surface area contributed by atoms with Gasteiger partial charge in [0, 0.05) is 15.7 Å². The van der Waals surface area contributed by atoms with Crippen LogP contribution < -0.4 is 9.47 Å². The molecule has 0 radical (unpaired) electrons. The first-order valence-electron chi connectivity index (χ1n) is 9.07. The minimum Gasteiger partial charge on any atom is -0.491 e. The Hall–Kier alpha value is -2.90. The van der Waals surface area contributed by atoms with Crippen molar-refractivity contribution < 1.29 is 28.7 Å². The summed E-state index contributed by atoms with van der Waals surface area (Å²) < 4.78 is 23.9. The van der Waals surface area contributed by atoms with Gasteiger partial charge in [0.05, 0.1) is 22.7 Å². The third kappa shape index (κ3) is 5.34. The quantitative estimate of drug-likeness (QED) is 0.559. The second-order valence-corrected chi connectivity index (χ2v) is 8.00. The summed E-state index contributed by atoms with van der Waals surface area (Å²) in [6.07, 6.45) is -0.903. The molecule has 0 bridgehead atoms. The standard InChI is InChI=1S/C22H22O6S/c1-15-10-11-18-19(22(15)28-13-21(24)25)8-5-9-20(18)29(26)14-16(23)12-27-17-6-3-2-4-7-17/h2-11,16,23H,12-14H2,1H3,(H,24,25). The van der Waals surface area contributed by atoms with E-state index in [4.69, 9.17) is 14.6 Å². The molecule has 0 heterocycles. The predicted molar refractivity (Wildman–Crippen MR) is 111 cm³/mol. The van der Waals surface area contributed by atoms with Crippen molar-refractivity contribution in [1.82, 2.24) is 0 Å². The lowest BCUT2D eigenvalue weighted by molar-refractivity contribution is -0.139. The fourth-order valence-corrected chi connectivity index (χ4v) is 4.24. The Morgan fingerprint density at radius 3 is 2.48 bits per heavy atom. The van der Waals surface area contributed by atoms with Gasteiger partial charge in [-0.2, -0.15) is 0 Å². The molecule has 0 saturated heterocycles. The van der Waals surface area contributed by atoms with E-state index in [9.17, 15) is 14.1 Å². The third-order valence-electron chi connectivity index (χ3n) is 4.28. The van der Waals surface area contributed by atoms with Gasteiger partial charge in [0.2, 0.25) is 0 Å². The molecule has 29 heavy (non-hydrogen) atoms. The zero-order valence-electron chi connectivity index (χ0n) is 15.9. The van der Waals surface area contributed by atoms with E-state index in [1.165, 1.54) is 0 Å². The number of rotatable bonds is 9. The highest BCUT2D eigenvalue weighted by atomic mass is 32.2. The van der Waals surface area contributed by atoms with Gasteiger partial charge in [-0.05, 0) is 30.7 Å². The van der Waals surface area contributed by atoms with Crippen molar-refractivity contribution in [2.45, 2.75) is 17.9 Å². The molecule has 7 heteroatoms. The molecule has 0 aliphatic carbocycles. The lowest BCUT2D eigenvalue weighted by Crippen LogP contribution is -2.24. The van der Waals surface area contributed by atoms with E-state index >= 15 is 0 Å². The second kappa shape index (κ2) is 9.54. The van der Waals surface area contributed by atoms with Gasteiger partial charge < -0.3 is 19.7 Å². The average Bonchev–Trinajstić information content (AvgIpc) is 2.71. The molecule has 2 N–H and O–H groups in total. The van der Waals surface area contributed by atoms with E-state index in [1.54, 1.807) is 36.4 Å². The van der Waals surface area contributed by atoms with Crippen molar-refractivity contribution in [3.8, 4) is 11.5 Å². The van der Waals surface area contributed by atoms with Crippen LogP contribution >= 0.6 is 0 Å². The summed E-state index contributed by atoms with van der Waals surface area (Å²) in [5.74, 6) is 0.0445. The Kier molecular flexibility index (Phi) is 6.85. The number of aliphatic hydroxyl groups is 1. The lowest BCUT2D eigenvalue weighted by atomic mass is 10.1. The molecule has 0 aliphatic heterocycles. The van der Waals surface area contributed by atoms with Gasteiger partial charge >= 0.3 is 5.97 Å². The zero-order chi connectivity index (χ0) is 20.8. The van der Waals surface area contributed by atoms with Crippen molar-refractivity contribution >= 4 is 27.5 Å². The lowest BCUT2D eigenvalue weighted by Gasteiger charge is -2.15. The largest absolute Gasteiger partial charge is 0.491 e. The Morgan fingerprint density at radius 2 is 1.76 bits per heavy atom. The number of aryl methyl sites for hydroxylation is 1. The van der Waals surface area contributed by atoms with Crippen LogP contribution in [-0.4, -0.2) is 45.5 Å². The number of para-hydroxylation sites is 1. The fraction of sp³-hybridized carbons (Fsp3) is 0.227. The van der Waals surface area contributed by atoms with Crippen LogP contribution in [0, 0.1) is 6.92 Å². The van der Waals surface area contributed by atoms with E-state index in [-0.39, 0.29) is 12.4 Å². The molecule has 3 aromatic rings. The monoisotopic (exact) mass is 414 g/mol. The fourth-order valence-electron chi connectivity index (χ4n) is 2.96. The van der Waals surface area contributed by atoms with Gasteiger partial charge in [-0.1, -0.05) is 42.5 Å². The van der Waals surface area contributed by atoms with E-state index < -0.39 is 29.5 Å². The molecule has 0 spiro atoms. The maximum Gasteiger partial charge on any atom is 0.341 e. The highest BCUT2D eigenvalue weighted by molar-refractivity contribution is 7.85. The van der Waals surface area contributed by atoms with Crippen LogP contribution in [0.1, 0.15) is 5.56 Å². The Labute approximate surface area is 171 Å². The van der Waals surface area contributed by atoms with E-state index in [0.717, 1.165) is 5.56 Å². The molecule has 0 aromatic heterocycles. The molecule has 3 rings (SSSR count).